The van der Waals surface area contributed by atoms with Crippen LogP contribution in [0.4, 0.5) is 5.69 Å². The number of methoxy groups -OCH3 is 1. The molecule has 0 aromatic heterocycles. The Labute approximate surface area is 181 Å². The van der Waals surface area contributed by atoms with Crippen molar-refractivity contribution in [1.29, 1.82) is 0 Å². The third-order valence-corrected chi connectivity index (χ3v) is 5.57. The average molecular weight is 418 g/mol. The molecule has 0 saturated heterocycles. The van der Waals surface area contributed by atoms with Gasteiger partial charge in [0.2, 0.25) is 0 Å². The van der Waals surface area contributed by atoms with Crippen molar-refractivity contribution in [2.75, 3.05) is 12.4 Å². The Kier molecular flexibility index (Phi) is 6.22. The molecular weight excluding hydrogens is 394 g/mol. The molecule has 2 atom stereocenters. The first kappa shape index (κ1) is 20.3. The van der Waals surface area contributed by atoms with Gasteiger partial charge in [0.1, 0.15) is 5.75 Å². The number of benzene rings is 4. The molecule has 0 aliphatic heterocycles. The Balaban J connectivity index is 1.60. The van der Waals surface area contributed by atoms with Gasteiger partial charge in [-0.2, -0.15) is 0 Å². The van der Waals surface area contributed by atoms with Crippen molar-refractivity contribution in [3.8, 4) is 5.75 Å². The average Bonchev–Trinajstić information content (AvgIpc) is 2.79. The lowest BCUT2D eigenvalue weighted by atomic mass is 9.95. The van der Waals surface area contributed by atoms with Crippen LogP contribution in [0, 0.1) is 0 Å². The number of rotatable bonds is 7. The molecule has 4 rings (SSSR count). The van der Waals surface area contributed by atoms with Crippen LogP contribution in [0.2, 0.25) is 5.02 Å². The highest BCUT2D eigenvalue weighted by Gasteiger charge is 2.19. The van der Waals surface area contributed by atoms with Gasteiger partial charge in [-0.1, -0.05) is 60.1 Å². The van der Waals surface area contributed by atoms with Gasteiger partial charge in [-0.25, -0.2) is 0 Å². The molecular formula is C26H24ClNO2. The molecule has 4 aromatic carbocycles. The van der Waals surface area contributed by atoms with E-state index in [2.05, 4.69) is 29.6 Å². The van der Waals surface area contributed by atoms with Crippen molar-refractivity contribution in [3.05, 3.63) is 107 Å². The van der Waals surface area contributed by atoms with Gasteiger partial charge >= 0.3 is 0 Å². The van der Waals surface area contributed by atoms with Crippen LogP contribution in [0.5, 0.6) is 5.75 Å². The monoisotopic (exact) mass is 417 g/mol. The van der Waals surface area contributed by atoms with E-state index in [9.17, 15) is 5.11 Å². The second kappa shape index (κ2) is 9.21. The summed E-state index contributed by atoms with van der Waals surface area (Å²) in [6, 6.07) is 29.8. The van der Waals surface area contributed by atoms with E-state index in [1.165, 1.54) is 5.39 Å². The predicted octanol–water partition coefficient (Wildman–Crippen LogP) is 6.78. The van der Waals surface area contributed by atoms with E-state index in [4.69, 9.17) is 16.3 Å². The van der Waals surface area contributed by atoms with Crippen LogP contribution in [-0.2, 0) is 0 Å². The zero-order valence-corrected chi connectivity index (χ0v) is 17.5. The molecule has 0 amide bonds. The van der Waals surface area contributed by atoms with Gasteiger partial charge in [-0.3, -0.25) is 0 Å². The van der Waals surface area contributed by atoms with Crippen LogP contribution in [0.3, 0.4) is 0 Å². The van der Waals surface area contributed by atoms with Crippen LogP contribution in [0.15, 0.2) is 91.0 Å². The fourth-order valence-corrected chi connectivity index (χ4v) is 3.76. The summed E-state index contributed by atoms with van der Waals surface area (Å²) in [5.74, 6) is 0.805. The summed E-state index contributed by atoms with van der Waals surface area (Å²) in [6.07, 6.45) is -0.0886. The third-order valence-electron chi connectivity index (χ3n) is 5.32. The fraction of sp³-hybridized carbons (Fsp3) is 0.154. The Morgan fingerprint density at radius 1 is 0.833 bits per heavy atom. The number of ether oxygens (including phenoxy) is 1. The van der Waals surface area contributed by atoms with Gasteiger partial charge in [0, 0.05) is 17.1 Å². The molecule has 3 nitrogen and oxygen atoms in total. The molecule has 0 fully saturated rings. The van der Waals surface area contributed by atoms with Crippen LogP contribution < -0.4 is 10.1 Å². The lowest BCUT2D eigenvalue weighted by molar-refractivity contribution is 0.161. The van der Waals surface area contributed by atoms with Gasteiger partial charge in [-0.15, -0.1) is 0 Å². The lowest BCUT2D eigenvalue weighted by Crippen LogP contribution is -2.15. The summed E-state index contributed by atoms with van der Waals surface area (Å²) in [4.78, 5) is 0. The zero-order chi connectivity index (χ0) is 20.9. The summed E-state index contributed by atoms with van der Waals surface area (Å²) in [5.41, 5.74) is 2.93. The minimum atomic E-state index is -0.610. The van der Waals surface area contributed by atoms with E-state index < -0.39 is 6.10 Å². The molecule has 0 aliphatic rings. The SMILES string of the molecule is COc1ccc(C(CC(O)c2ccc3ccccc3c2)Nc2ccc(Cl)cc2)cc1. The first-order valence-electron chi connectivity index (χ1n) is 9.95. The normalized spacial score (nSPS) is 13.0. The van der Waals surface area contributed by atoms with Crippen molar-refractivity contribution in [2.24, 2.45) is 0 Å². The standard InChI is InChI=1S/C26H24ClNO2/c1-30-24-14-8-19(9-15-24)25(28-23-12-10-22(27)11-13-23)17-26(29)21-7-6-18-4-2-3-5-20(18)16-21/h2-16,25-26,28-29H,17H2,1H3. The summed E-state index contributed by atoms with van der Waals surface area (Å²) >= 11 is 6.03. The third kappa shape index (κ3) is 4.76. The number of aliphatic hydroxyl groups excluding tert-OH is 1. The summed E-state index contributed by atoms with van der Waals surface area (Å²) in [5, 5.41) is 17.6. The highest BCUT2D eigenvalue weighted by molar-refractivity contribution is 6.30. The first-order valence-corrected chi connectivity index (χ1v) is 10.3. The maximum atomic E-state index is 11.0. The number of fused-ring (bicyclic) bond motifs is 1. The Morgan fingerprint density at radius 3 is 2.20 bits per heavy atom. The van der Waals surface area contributed by atoms with E-state index in [0.29, 0.717) is 11.4 Å². The molecule has 2 N–H and O–H groups in total. The Hall–Kier alpha value is -3.01. The van der Waals surface area contributed by atoms with Gasteiger partial charge in [-0.05, 0) is 64.4 Å². The van der Waals surface area contributed by atoms with Gasteiger partial charge in [0.25, 0.3) is 0 Å². The highest BCUT2D eigenvalue weighted by Crippen LogP contribution is 2.32. The maximum Gasteiger partial charge on any atom is 0.118 e. The highest BCUT2D eigenvalue weighted by atomic mass is 35.5. The molecule has 0 aliphatic carbocycles. The maximum absolute atomic E-state index is 11.0. The molecule has 30 heavy (non-hydrogen) atoms. The van der Waals surface area contributed by atoms with Crippen molar-refractivity contribution in [3.63, 3.8) is 0 Å². The number of hydrogen-bond acceptors (Lipinski definition) is 3. The molecule has 0 spiro atoms. The lowest BCUT2D eigenvalue weighted by Gasteiger charge is -2.24. The number of halogens is 1. The van der Waals surface area contributed by atoms with Crippen molar-refractivity contribution in [1.82, 2.24) is 0 Å². The van der Waals surface area contributed by atoms with Crippen LogP contribution in [-0.4, -0.2) is 12.2 Å². The van der Waals surface area contributed by atoms with Crippen LogP contribution in [0.25, 0.3) is 10.8 Å². The van der Waals surface area contributed by atoms with E-state index in [0.717, 1.165) is 28.0 Å². The molecule has 4 aromatic rings. The molecule has 0 heterocycles. The van der Waals surface area contributed by atoms with Crippen molar-refractivity contribution < 1.29 is 9.84 Å². The summed E-state index contributed by atoms with van der Waals surface area (Å²) in [7, 11) is 1.65. The first-order chi connectivity index (χ1) is 14.6. The number of nitrogens with one attached hydrogen (secondary N) is 1. The zero-order valence-electron chi connectivity index (χ0n) is 16.8. The predicted molar refractivity (Wildman–Crippen MR) is 124 cm³/mol. The van der Waals surface area contributed by atoms with E-state index in [-0.39, 0.29) is 6.04 Å². The topological polar surface area (TPSA) is 41.5 Å². The van der Waals surface area contributed by atoms with Crippen molar-refractivity contribution in [2.45, 2.75) is 18.6 Å². The number of anilines is 1. The van der Waals surface area contributed by atoms with Gasteiger partial charge in [0.15, 0.2) is 0 Å². The summed E-state index contributed by atoms with van der Waals surface area (Å²) < 4.78 is 5.29. The minimum absolute atomic E-state index is 0.0847. The molecule has 4 heteroatoms. The van der Waals surface area contributed by atoms with Crippen LogP contribution in [0.1, 0.15) is 29.7 Å². The minimum Gasteiger partial charge on any atom is -0.497 e. The number of hydrogen-bond donors (Lipinski definition) is 2. The summed E-state index contributed by atoms with van der Waals surface area (Å²) in [6.45, 7) is 0. The van der Waals surface area contributed by atoms with E-state index in [1.54, 1.807) is 7.11 Å². The van der Waals surface area contributed by atoms with Crippen LogP contribution >= 0.6 is 11.6 Å². The molecule has 0 saturated carbocycles. The second-order valence-corrected chi connectivity index (χ2v) is 7.77. The van der Waals surface area contributed by atoms with Gasteiger partial charge < -0.3 is 15.2 Å². The van der Waals surface area contributed by atoms with Gasteiger partial charge in [0.05, 0.1) is 19.3 Å². The fourth-order valence-electron chi connectivity index (χ4n) is 3.64. The van der Waals surface area contributed by atoms with E-state index >= 15 is 0 Å². The molecule has 152 valence electrons. The smallest absolute Gasteiger partial charge is 0.118 e. The Bertz CT molecular complexity index is 1110. The quantitative estimate of drug-likeness (QED) is 0.348. The number of aliphatic hydroxyl groups is 1. The molecule has 0 bridgehead atoms. The van der Waals surface area contributed by atoms with E-state index in [1.807, 2.05) is 66.7 Å². The Morgan fingerprint density at radius 2 is 1.50 bits per heavy atom. The molecule has 0 radical (unpaired) electrons. The van der Waals surface area contributed by atoms with Crippen molar-refractivity contribution >= 4 is 28.1 Å². The molecule has 2 unspecified atom stereocenters. The second-order valence-electron chi connectivity index (χ2n) is 7.34. The largest absolute Gasteiger partial charge is 0.497 e.